The van der Waals surface area contributed by atoms with Crippen molar-refractivity contribution in [2.45, 2.75) is 6.92 Å². The average molecular weight is 224 g/mol. The molecule has 4 heteroatoms. The van der Waals surface area contributed by atoms with Crippen molar-refractivity contribution in [2.75, 3.05) is 18.1 Å². The summed E-state index contributed by atoms with van der Waals surface area (Å²) in [4.78, 5) is 4.18. The Morgan fingerprint density at radius 3 is 2.67 bits per heavy atom. The Labute approximate surface area is 92.9 Å². The van der Waals surface area contributed by atoms with Crippen molar-refractivity contribution in [1.29, 1.82) is 0 Å². The molecule has 1 unspecified atom stereocenters. The summed E-state index contributed by atoms with van der Waals surface area (Å²) in [7, 11) is -0.762. The van der Waals surface area contributed by atoms with Crippen molar-refractivity contribution in [3.63, 3.8) is 0 Å². The highest BCUT2D eigenvalue weighted by Crippen LogP contribution is 1.97. The summed E-state index contributed by atoms with van der Waals surface area (Å²) in [6, 6.07) is 9.60. The van der Waals surface area contributed by atoms with Gasteiger partial charge >= 0.3 is 0 Å². The highest BCUT2D eigenvalue weighted by Gasteiger charge is 1.97. The molecule has 0 fully saturated rings. The van der Waals surface area contributed by atoms with Gasteiger partial charge in [0.15, 0.2) is 0 Å². The van der Waals surface area contributed by atoms with E-state index in [1.54, 1.807) is 0 Å². The van der Waals surface area contributed by atoms with Crippen LogP contribution in [0.2, 0.25) is 0 Å². The number of hydrogen-bond acceptors (Lipinski definition) is 2. The van der Waals surface area contributed by atoms with E-state index in [1.165, 1.54) is 0 Å². The van der Waals surface area contributed by atoms with Gasteiger partial charge < -0.3 is 5.73 Å². The van der Waals surface area contributed by atoms with E-state index in [-0.39, 0.29) is 0 Å². The van der Waals surface area contributed by atoms with E-state index >= 15 is 0 Å². The number of amidine groups is 1. The summed E-state index contributed by atoms with van der Waals surface area (Å²) in [6.07, 6.45) is 0. The molecular formula is C11H16N2OS. The van der Waals surface area contributed by atoms with Gasteiger partial charge in [0.2, 0.25) is 0 Å². The van der Waals surface area contributed by atoms with Crippen molar-refractivity contribution in [1.82, 2.24) is 0 Å². The lowest BCUT2D eigenvalue weighted by Gasteiger charge is -2.00. The lowest BCUT2D eigenvalue weighted by Crippen LogP contribution is -2.15. The van der Waals surface area contributed by atoms with Gasteiger partial charge in [0.25, 0.3) is 0 Å². The third-order valence-electron chi connectivity index (χ3n) is 1.99. The Morgan fingerprint density at radius 2 is 2.07 bits per heavy atom. The topological polar surface area (TPSA) is 55.5 Å². The maximum atomic E-state index is 11.1. The van der Waals surface area contributed by atoms with Crippen LogP contribution in [0.4, 0.5) is 0 Å². The minimum Gasteiger partial charge on any atom is -0.384 e. The molecule has 1 aromatic carbocycles. The molecule has 0 aliphatic carbocycles. The molecule has 1 atom stereocenters. The molecule has 0 aliphatic heterocycles. The maximum Gasteiger partial charge on any atom is 0.125 e. The number of hydrogen-bond donors (Lipinski definition) is 1. The molecular weight excluding hydrogens is 208 g/mol. The fourth-order valence-corrected chi connectivity index (χ4v) is 1.70. The second-order valence-electron chi connectivity index (χ2n) is 3.07. The molecule has 0 bridgehead atoms. The Balaban J connectivity index is 2.50. The van der Waals surface area contributed by atoms with E-state index in [0.717, 1.165) is 5.56 Å². The van der Waals surface area contributed by atoms with Crippen LogP contribution in [0.5, 0.6) is 0 Å². The van der Waals surface area contributed by atoms with Crippen LogP contribution in [0.25, 0.3) is 0 Å². The molecule has 0 aliphatic rings. The van der Waals surface area contributed by atoms with E-state index in [9.17, 15) is 4.21 Å². The van der Waals surface area contributed by atoms with Crippen LogP contribution in [0.15, 0.2) is 35.3 Å². The van der Waals surface area contributed by atoms with Crippen molar-refractivity contribution < 1.29 is 4.21 Å². The third-order valence-corrected chi connectivity index (χ3v) is 3.27. The summed E-state index contributed by atoms with van der Waals surface area (Å²) in [5.41, 5.74) is 6.69. The second-order valence-corrected chi connectivity index (χ2v) is 4.93. The summed E-state index contributed by atoms with van der Waals surface area (Å²) in [5, 5.41) is 0. The summed E-state index contributed by atoms with van der Waals surface area (Å²) in [5.74, 6) is 1.79. The van der Waals surface area contributed by atoms with E-state index in [4.69, 9.17) is 5.73 Å². The van der Waals surface area contributed by atoms with Gasteiger partial charge in [-0.05, 0) is 0 Å². The minimum absolute atomic E-state index is 0.517. The molecule has 1 aromatic rings. The molecule has 0 aromatic heterocycles. The average Bonchev–Trinajstić information content (AvgIpc) is 2.29. The van der Waals surface area contributed by atoms with Gasteiger partial charge in [0.05, 0.1) is 6.54 Å². The van der Waals surface area contributed by atoms with Crippen LogP contribution >= 0.6 is 0 Å². The van der Waals surface area contributed by atoms with Crippen LogP contribution in [0.3, 0.4) is 0 Å². The summed E-state index contributed by atoms with van der Waals surface area (Å²) < 4.78 is 11.1. The molecule has 0 amide bonds. The van der Waals surface area contributed by atoms with Gasteiger partial charge in [-0.2, -0.15) is 0 Å². The van der Waals surface area contributed by atoms with Gasteiger partial charge in [0.1, 0.15) is 5.84 Å². The minimum atomic E-state index is -0.762. The Hall–Kier alpha value is -1.16. The quantitative estimate of drug-likeness (QED) is 0.603. The number of nitrogens with zero attached hydrogens (tertiary/aromatic N) is 1. The smallest absolute Gasteiger partial charge is 0.125 e. The van der Waals surface area contributed by atoms with Gasteiger partial charge in [-0.25, -0.2) is 0 Å². The zero-order valence-corrected chi connectivity index (χ0v) is 9.67. The van der Waals surface area contributed by atoms with E-state index in [1.807, 2.05) is 37.3 Å². The van der Waals surface area contributed by atoms with Crippen LogP contribution < -0.4 is 5.73 Å². The predicted molar refractivity (Wildman–Crippen MR) is 65.6 cm³/mol. The molecule has 2 N–H and O–H groups in total. The van der Waals surface area contributed by atoms with Gasteiger partial charge in [-0.1, -0.05) is 37.3 Å². The molecule has 15 heavy (non-hydrogen) atoms. The number of aliphatic imine (C=N–C) groups is 1. The summed E-state index contributed by atoms with van der Waals surface area (Å²) >= 11 is 0. The first-order valence-corrected chi connectivity index (χ1v) is 6.43. The first-order valence-electron chi connectivity index (χ1n) is 4.94. The standard InChI is InChI=1S/C11H16N2OS/c1-2-15(14)9-8-13-11(12)10-6-4-3-5-7-10/h3-7H,2,8-9H2,1H3,(H2,12,13). The molecule has 0 saturated carbocycles. The fourth-order valence-electron chi connectivity index (χ4n) is 1.11. The molecule has 1 rings (SSSR count). The van der Waals surface area contributed by atoms with Crippen LogP contribution in [-0.2, 0) is 10.8 Å². The van der Waals surface area contributed by atoms with E-state index in [2.05, 4.69) is 4.99 Å². The number of benzene rings is 1. The maximum absolute atomic E-state index is 11.1. The molecule has 3 nitrogen and oxygen atoms in total. The van der Waals surface area contributed by atoms with Crippen LogP contribution in [0, 0.1) is 0 Å². The zero-order valence-electron chi connectivity index (χ0n) is 8.85. The number of rotatable bonds is 5. The monoisotopic (exact) mass is 224 g/mol. The second kappa shape index (κ2) is 6.35. The normalized spacial score (nSPS) is 13.8. The highest BCUT2D eigenvalue weighted by molar-refractivity contribution is 7.84. The molecule has 0 saturated heterocycles. The first-order chi connectivity index (χ1) is 7.24. The fraction of sp³-hybridized carbons (Fsp3) is 0.364. The molecule has 0 spiro atoms. The summed E-state index contributed by atoms with van der Waals surface area (Å²) in [6.45, 7) is 2.43. The van der Waals surface area contributed by atoms with Gasteiger partial charge in [-0.15, -0.1) is 0 Å². The number of nitrogens with two attached hydrogens (primary N) is 1. The highest BCUT2D eigenvalue weighted by atomic mass is 32.2. The molecule has 0 radical (unpaired) electrons. The first kappa shape index (κ1) is 11.9. The van der Waals surface area contributed by atoms with Crippen molar-refractivity contribution in [2.24, 2.45) is 10.7 Å². The predicted octanol–water partition coefficient (Wildman–Crippen LogP) is 1.16. The van der Waals surface area contributed by atoms with Crippen molar-refractivity contribution >= 4 is 16.6 Å². The van der Waals surface area contributed by atoms with Crippen LogP contribution in [0.1, 0.15) is 12.5 Å². The Bertz CT molecular complexity index is 349. The van der Waals surface area contributed by atoms with Crippen molar-refractivity contribution in [3.8, 4) is 0 Å². The largest absolute Gasteiger partial charge is 0.384 e. The van der Waals surface area contributed by atoms with E-state index < -0.39 is 10.8 Å². The Kier molecular flexibility index (Phi) is 5.04. The Morgan fingerprint density at radius 1 is 1.40 bits per heavy atom. The third kappa shape index (κ3) is 4.25. The lowest BCUT2D eigenvalue weighted by atomic mass is 10.2. The lowest BCUT2D eigenvalue weighted by molar-refractivity contribution is 0.683. The van der Waals surface area contributed by atoms with Crippen molar-refractivity contribution in [3.05, 3.63) is 35.9 Å². The van der Waals surface area contributed by atoms with Crippen LogP contribution in [-0.4, -0.2) is 28.1 Å². The molecule has 82 valence electrons. The van der Waals surface area contributed by atoms with E-state index in [0.29, 0.717) is 23.9 Å². The molecule has 0 heterocycles. The zero-order chi connectivity index (χ0) is 11.1. The van der Waals surface area contributed by atoms with Gasteiger partial charge in [-0.3, -0.25) is 9.20 Å². The SMILES string of the molecule is CCS(=O)CCN=C(N)c1ccccc1. The van der Waals surface area contributed by atoms with Gasteiger partial charge in [0, 0.05) is 27.9 Å².